The van der Waals surface area contributed by atoms with Crippen molar-refractivity contribution in [3.8, 4) is 0 Å². The van der Waals surface area contributed by atoms with Gasteiger partial charge in [0.15, 0.2) is 0 Å². The lowest BCUT2D eigenvalue weighted by Crippen LogP contribution is -2.42. The largest absolute Gasteiger partial charge is 0.391 e. The minimum atomic E-state index is -0.554. The minimum Gasteiger partial charge on any atom is -0.391 e. The van der Waals surface area contributed by atoms with Crippen LogP contribution < -0.4 is 10.9 Å². The molecule has 19 heavy (non-hydrogen) atoms. The zero-order chi connectivity index (χ0) is 14.6. The highest BCUT2D eigenvalue weighted by molar-refractivity contribution is 9.10. The molecule has 0 amide bonds. The fourth-order valence-corrected chi connectivity index (χ4v) is 1.88. The van der Waals surface area contributed by atoms with Crippen LogP contribution in [0.25, 0.3) is 0 Å². The summed E-state index contributed by atoms with van der Waals surface area (Å²) in [6, 6.07) is 0. The molecule has 0 fully saturated rings. The van der Waals surface area contributed by atoms with Gasteiger partial charge in [0, 0.05) is 6.54 Å². The summed E-state index contributed by atoms with van der Waals surface area (Å²) >= 11 is 3.31. The second kappa shape index (κ2) is 6.52. The number of aromatic nitrogens is 2. The molecule has 0 saturated carbocycles. The van der Waals surface area contributed by atoms with Crippen LogP contribution in [-0.4, -0.2) is 26.5 Å². The normalized spacial score (nSPS) is 13.4. The fraction of sp³-hybridized carbons (Fsp3) is 0.692. The summed E-state index contributed by atoms with van der Waals surface area (Å²) in [7, 11) is 0. The molecule has 6 heteroatoms. The maximum atomic E-state index is 12.1. The average molecular weight is 332 g/mol. The molecule has 1 unspecified atom stereocenters. The van der Waals surface area contributed by atoms with Gasteiger partial charge in [-0.25, -0.2) is 4.68 Å². The van der Waals surface area contributed by atoms with Crippen molar-refractivity contribution < 1.29 is 5.11 Å². The molecule has 0 aromatic carbocycles. The number of aryl methyl sites for hydroxylation is 1. The van der Waals surface area contributed by atoms with E-state index >= 15 is 0 Å². The van der Waals surface area contributed by atoms with Crippen LogP contribution in [0.2, 0.25) is 0 Å². The van der Waals surface area contributed by atoms with Crippen molar-refractivity contribution in [2.24, 2.45) is 0 Å². The van der Waals surface area contributed by atoms with Crippen molar-refractivity contribution in [3.63, 3.8) is 0 Å². The molecule has 0 radical (unpaired) electrons. The van der Waals surface area contributed by atoms with Crippen LogP contribution in [0, 0.1) is 0 Å². The number of anilines is 1. The summed E-state index contributed by atoms with van der Waals surface area (Å²) in [5, 5.41) is 17.0. The maximum Gasteiger partial charge on any atom is 0.283 e. The standard InChI is InChI=1S/C13H22BrN3O2/c1-5-6-7-17-12(19)11(14)10(8-15-17)16-13(3,4)9(2)18/h8-9,16,18H,5-7H2,1-4H3. The summed E-state index contributed by atoms with van der Waals surface area (Å²) in [6.45, 7) is 8.13. The first-order valence-electron chi connectivity index (χ1n) is 6.51. The first kappa shape index (κ1) is 16.2. The Labute approximate surface area is 122 Å². The molecule has 1 rings (SSSR count). The number of aliphatic hydroxyl groups excluding tert-OH is 1. The van der Waals surface area contributed by atoms with Crippen LogP contribution in [0.4, 0.5) is 5.69 Å². The van der Waals surface area contributed by atoms with Crippen molar-refractivity contribution in [2.45, 2.75) is 58.7 Å². The van der Waals surface area contributed by atoms with Gasteiger partial charge in [0.05, 0.1) is 23.5 Å². The Bertz CT molecular complexity index is 483. The zero-order valence-electron chi connectivity index (χ0n) is 11.9. The number of unbranched alkanes of at least 4 members (excludes halogenated alkanes) is 1. The number of hydrogen-bond donors (Lipinski definition) is 2. The molecule has 0 aliphatic heterocycles. The molecule has 1 aromatic rings. The van der Waals surface area contributed by atoms with E-state index in [9.17, 15) is 9.90 Å². The van der Waals surface area contributed by atoms with Crippen LogP contribution in [0.15, 0.2) is 15.5 Å². The zero-order valence-corrected chi connectivity index (χ0v) is 13.5. The summed E-state index contributed by atoms with van der Waals surface area (Å²) in [4.78, 5) is 12.1. The van der Waals surface area contributed by atoms with Crippen LogP contribution >= 0.6 is 15.9 Å². The lowest BCUT2D eigenvalue weighted by atomic mass is 9.98. The highest BCUT2D eigenvalue weighted by Crippen LogP contribution is 2.22. The summed E-state index contributed by atoms with van der Waals surface area (Å²) in [5.41, 5.74) is -0.0878. The Morgan fingerprint density at radius 3 is 2.74 bits per heavy atom. The van der Waals surface area contributed by atoms with Gasteiger partial charge in [0.1, 0.15) is 4.47 Å². The quantitative estimate of drug-likeness (QED) is 0.839. The monoisotopic (exact) mass is 331 g/mol. The third-order valence-electron chi connectivity index (χ3n) is 3.21. The summed E-state index contributed by atoms with van der Waals surface area (Å²) < 4.78 is 1.90. The molecule has 0 spiro atoms. The van der Waals surface area contributed by atoms with Gasteiger partial charge in [-0.1, -0.05) is 13.3 Å². The minimum absolute atomic E-state index is 0.153. The van der Waals surface area contributed by atoms with E-state index in [1.54, 1.807) is 13.1 Å². The van der Waals surface area contributed by atoms with Crippen LogP contribution in [-0.2, 0) is 6.54 Å². The second-order valence-corrected chi connectivity index (χ2v) is 6.07. The summed E-state index contributed by atoms with van der Waals surface area (Å²) in [5.74, 6) is 0. The number of rotatable bonds is 6. The Kier molecular flexibility index (Phi) is 5.55. The van der Waals surface area contributed by atoms with Crippen molar-refractivity contribution in [1.82, 2.24) is 9.78 Å². The Morgan fingerprint density at radius 2 is 2.21 bits per heavy atom. The third-order valence-corrected chi connectivity index (χ3v) is 3.98. The van der Waals surface area contributed by atoms with Gasteiger partial charge in [-0.2, -0.15) is 5.10 Å². The van der Waals surface area contributed by atoms with E-state index in [1.165, 1.54) is 4.68 Å². The van der Waals surface area contributed by atoms with Crippen molar-refractivity contribution >= 4 is 21.6 Å². The van der Waals surface area contributed by atoms with Crippen molar-refractivity contribution in [2.75, 3.05) is 5.32 Å². The van der Waals surface area contributed by atoms with Gasteiger partial charge in [-0.05, 0) is 43.1 Å². The van der Waals surface area contributed by atoms with E-state index < -0.39 is 11.6 Å². The third kappa shape index (κ3) is 4.04. The molecule has 0 aliphatic rings. The average Bonchev–Trinajstić information content (AvgIpc) is 2.34. The molecule has 108 valence electrons. The van der Waals surface area contributed by atoms with E-state index in [1.807, 2.05) is 13.8 Å². The molecule has 1 aromatic heterocycles. The van der Waals surface area contributed by atoms with E-state index in [2.05, 4.69) is 33.3 Å². The van der Waals surface area contributed by atoms with Crippen LogP contribution in [0.3, 0.4) is 0 Å². The predicted molar refractivity (Wildman–Crippen MR) is 80.5 cm³/mol. The molecule has 1 atom stereocenters. The number of hydrogen-bond acceptors (Lipinski definition) is 4. The maximum absolute atomic E-state index is 12.1. The number of nitrogens with zero attached hydrogens (tertiary/aromatic N) is 2. The smallest absolute Gasteiger partial charge is 0.283 e. The lowest BCUT2D eigenvalue weighted by molar-refractivity contribution is 0.133. The second-order valence-electron chi connectivity index (χ2n) is 5.28. The Hall–Kier alpha value is -0.880. The number of nitrogens with one attached hydrogen (secondary N) is 1. The van der Waals surface area contributed by atoms with E-state index in [0.29, 0.717) is 16.7 Å². The topological polar surface area (TPSA) is 67.2 Å². The van der Waals surface area contributed by atoms with Gasteiger partial charge in [0.2, 0.25) is 0 Å². The molecule has 0 bridgehead atoms. The van der Waals surface area contributed by atoms with Gasteiger partial charge in [-0.15, -0.1) is 0 Å². The Morgan fingerprint density at radius 1 is 1.58 bits per heavy atom. The molecule has 0 saturated heterocycles. The molecule has 0 aliphatic carbocycles. The molecule has 5 nitrogen and oxygen atoms in total. The van der Waals surface area contributed by atoms with Crippen molar-refractivity contribution in [1.29, 1.82) is 0 Å². The SMILES string of the molecule is CCCCn1ncc(NC(C)(C)C(C)O)c(Br)c1=O. The van der Waals surface area contributed by atoms with E-state index in [0.717, 1.165) is 12.8 Å². The predicted octanol–water partition coefficient (Wildman–Crippen LogP) is 2.38. The van der Waals surface area contributed by atoms with Gasteiger partial charge in [0.25, 0.3) is 5.56 Å². The van der Waals surface area contributed by atoms with Gasteiger partial charge in [-0.3, -0.25) is 4.79 Å². The first-order valence-corrected chi connectivity index (χ1v) is 7.30. The van der Waals surface area contributed by atoms with Crippen LogP contribution in [0.1, 0.15) is 40.5 Å². The lowest BCUT2D eigenvalue weighted by Gasteiger charge is -2.30. The summed E-state index contributed by atoms with van der Waals surface area (Å²) in [6.07, 6.45) is 3.00. The Balaban J connectivity index is 3.00. The van der Waals surface area contributed by atoms with Crippen molar-refractivity contribution in [3.05, 3.63) is 21.0 Å². The first-order chi connectivity index (χ1) is 8.79. The van der Waals surface area contributed by atoms with E-state index in [-0.39, 0.29) is 5.56 Å². The fourth-order valence-electron chi connectivity index (χ4n) is 1.47. The number of halogens is 1. The molecular formula is C13H22BrN3O2. The molecule has 1 heterocycles. The molecule has 2 N–H and O–H groups in total. The highest BCUT2D eigenvalue weighted by atomic mass is 79.9. The highest BCUT2D eigenvalue weighted by Gasteiger charge is 2.25. The van der Waals surface area contributed by atoms with Gasteiger partial charge >= 0.3 is 0 Å². The number of aliphatic hydroxyl groups is 1. The van der Waals surface area contributed by atoms with Crippen LogP contribution in [0.5, 0.6) is 0 Å². The van der Waals surface area contributed by atoms with E-state index in [4.69, 9.17) is 0 Å². The molecular weight excluding hydrogens is 310 g/mol. The van der Waals surface area contributed by atoms with Gasteiger partial charge < -0.3 is 10.4 Å².